The quantitative estimate of drug-likeness (QED) is 0.682. The molecule has 0 aliphatic carbocycles. The number of hydrogen-bond acceptors (Lipinski definition) is 4. The van der Waals surface area contributed by atoms with Crippen molar-refractivity contribution in [1.29, 1.82) is 0 Å². The fourth-order valence-corrected chi connectivity index (χ4v) is 4.34. The van der Waals surface area contributed by atoms with Gasteiger partial charge in [-0.25, -0.2) is 4.79 Å². The number of carbonyl (C=O) groups is 2. The summed E-state index contributed by atoms with van der Waals surface area (Å²) in [5, 5.41) is 9.33. The number of carboxylic acid groups (broad SMARTS) is 1. The molecule has 0 aromatic carbocycles. The summed E-state index contributed by atoms with van der Waals surface area (Å²) in [5.41, 5.74) is 5.58. The van der Waals surface area contributed by atoms with Crippen LogP contribution in [0.5, 0.6) is 0 Å². The van der Waals surface area contributed by atoms with Gasteiger partial charge >= 0.3 is 5.97 Å². The highest BCUT2D eigenvalue weighted by Crippen LogP contribution is 2.33. The summed E-state index contributed by atoms with van der Waals surface area (Å²) in [6, 6.07) is -0.659. The average Bonchev–Trinajstić information content (AvgIpc) is 2.87. The van der Waals surface area contributed by atoms with Crippen LogP contribution < -0.4 is 5.73 Å². The highest BCUT2D eigenvalue weighted by atomic mass is 32.2. The van der Waals surface area contributed by atoms with Gasteiger partial charge in [0.05, 0.1) is 5.37 Å². The van der Waals surface area contributed by atoms with Crippen molar-refractivity contribution in [2.75, 3.05) is 12.3 Å². The Bertz CT molecular complexity index is 352. The Morgan fingerprint density at radius 2 is 2.10 bits per heavy atom. The number of nitrogens with zero attached hydrogens (tertiary/aromatic N) is 1. The number of carbonyl (C=O) groups excluding carboxylic acids is 1. The standard InChI is InChI=1S/C15H28N2O3S/c1-3-5-14-17(12(10-21-14)15(19)20)13(18)7-6-11(4-2)8-9-16/h11-12,14H,3-10,16H2,1-2H3,(H,19,20). The van der Waals surface area contributed by atoms with E-state index in [0.717, 1.165) is 32.1 Å². The molecule has 0 spiro atoms. The number of aliphatic carboxylic acids is 1. The van der Waals surface area contributed by atoms with Crippen molar-refractivity contribution in [3.8, 4) is 0 Å². The Morgan fingerprint density at radius 1 is 1.38 bits per heavy atom. The number of rotatable bonds is 9. The molecule has 3 atom stereocenters. The van der Waals surface area contributed by atoms with E-state index in [9.17, 15) is 14.7 Å². The van der Waals surface area contributed by atoms with E-state index in [1.807, 2.05) is 0 Å². The van der Waals surface area contributed by atoms with Crippen molar-refractivity contribution in [3.63, 3.8) is 0 Å². The predicted octanol–water partition coefficient (Wildman–Crippen LogP) is 2.30. The summed E-state index contributed by atoms with van der Waals surface area (Å²) in [6.45, 7) is 4.81. The van der Waals surface area contributed by atoms with E-state index in [0.29, 0.717) is 24.6 Å². The number of hydrogen-bond donors (Lipinski definition) is 2. The van der Waals surface area contributed by atoms with Crippen molar-refractivity contribution >= 4 is 23.6 Å². The summed E-state index contributed by atoms with van der Waals surface area (Å²) >= 11 is 1.59. The molecule has 1 heterocycles. The van der Waals surface area contributed by atoms with Gasteiger partial charge in [0.2, 0.25) is 5.91 Å². The zero-order valence-electron chi connectivity index (χ0n) is 13.1. The second-order valence-electron chi connectivity index (χ2n) is 5.62. The van der Waals surface area contributed by atoms with E-state index in [1.165, 1.54) is 0 Å². The molecular weight excluding hydrogens is 288 g/mol. The lowest BCUT2D eigenvalue weighted by atomic mass is 9.96. The highest BCUT2D eigenvalue weighted by Gasteiger charge is 2.40. The van der Waals surface area contributed by atoms with Crippen LogP contribution in [0.2, 0.25) is 0 Å². The molecule has 1 rings (SSSR count). The van der Waals surface area contributed by atoms with Gasteiger partial charge in [0.1, 0.15) is 6.04 Å². The third-order valence-corrected chi connectivity index (χ3v) is 5.48. The van der Waals surface area contributed by atoms with Gasteiger partial charge in [-0.2, -0.15) is 0 Å². The molecule has 21 heavy (non-hydrogen) atoms. The Kier molecular flexibility index (Phi) is 8.11. The van der Waals surface area contributed by atoms with Crippen LogP contribution >= 0.6 is 11.8 Å². The SMILES string of the molecule is CCCC1SCC(C(=O)O)N1C(=O)CCC(CC)CCN. The molecule has 5 nitrogen and oxygen atoms in total. The second kappa shape index (κ2) is 9.30. The van der Waals surface area contributed by atoms with Gasteiger partial charge in [-0.05, 0) is 31.7 Å². The molecule has 0 bridgehead atoms. The van der Waals surface area contributed by atoms with Gasteiger partial charge in [0.25, 0.3) is 0 Å². The molecule has 0 radical (unpaired) electrons. The van der Waals surface area contributed by atoms with E-state index in [4.69, 9.17) is 5.73 Å². The topological polar surface area (TPSA) is 83.6 Å². The lowest BCUT2D eigenvalue weighted by molar-refractivity contribution is -0.149. The van der Waals surface area contributed by atoms with E-state index in [2.05, 4.69) is 13.8 Å². The van der Waals surface area contributed by atoms with E-state index >= 15 is 0 Å². The van der Waals surface area contributed by atoms with Gasteiger partial charge in [-0.1, -0.05) is 26.7 Å². The van der Waals surface area contributed by atoms with Gasteiger partial charge in [-0.3, -0.25) is 4.79 Å². The Hall–Kier alpha value is -0.750. The minimum absolute atomic E-state index is 0.0127. The molecule has 3 N–H and O–H groups in total. The van der Waals surface area contributed by atoms with Gasteiger partial charge in [-0.15, -0.1) is 11.8 Å². The molecule has 1 fully saturated rings. The molecule has 3 unspecified atom stereocenters. The third kappa shape index (κ3) is 5.18. The van der Waals surface area contributed by atoms with E-state index in [-0.39, 0.29) is 11.3 Å². The van der Waals surface area contributed by atoms with Crippen molar-refractivity contribution in [3.05, 3.63) is 0 Å². The summed E-state index contributed by atoms with van der Waals surface area (Å²) in [7, 11) is 0. The summed E-state index contributed by atoms with van der Waals surface area (Å²) in [6.07, 6.45) is 5.00. The van der Waals surface area contributed by atoms with Crippen LogP contribution in [0.4, 0.5) is 0 Å². The number of nitrogens with two attached hydrogens (primary N) is 1. The normalized spacial score (nSPS) is 23.3. The maximum Gasteiger partial charge on any atom is 0.327 e. The van der Waals surface area contributed by atoms with Crippen molar-refractivity contribution in [2.24, 2.45) is 11.7 Å². The number of amides is 1. The van der Waals surface area contributed by atoms with Gasteiger partial charge < -0.3 is 15.7 Å². The number of thioether (sulfide) groups is 1. The van der Waals surface area contributed by atoms with Crippen molar-refractivity contribution in [1.82, 2.24) is 4.90 Å². The highest BCUT2D eigenvalue weighted by molar-refractivity contribution is 8.00. The van der Waals surface area contributed by atoms with Crippen LogP contribution in [0.25, 0.3) is 0 Å². The molecule has 1 aliphatic heterocycles. The maximum atomic E-state index is 12.5. The summed E-state index contributed by atoms with van der Waals surface area (Å²) in [4.78, 5) is 25.4. The zero-order chi connectivity index (χ0) is 15.8. The molecule has 1 aliphatic rings. The Balaban J connectivity index is 2.64. The first kappa shape index (κ1) is 18.3. The smallest absolute Gasteiger partial charge is 0.327 e. The molecule has 122 valence electrons. The van der Waals surface area contributed by atoms with Crippen LogP contribution in [-0.4, -0.2) is 45.6 Å². The van der Waals surface area contributed by atoms with Crippen LogP contribution in [0, 0.1) is 5.92 Å². The van der Waals surface area contributed by atoms with Gasteiger partial charge in [0, 0.05) is 12.2 Å². The first-order valence-electron chi connectivity index (χ1n) is 7.90. The summed E-state index contributed by atoms with van der Waals surface area (Å²) in [5.74, 6) is 0.0676. The first-order valence-corrected chi connectivity index (χ1v) is 8.95. The molecular formula is C15H28N2O3S. The predicted molar refractivity (Wildman–Crippen MR) is 86.1 cm³/mol. The number of carboxylic acids is 1. The average molecular weight is 316 g/mol. The van der Waals surface area contributed by atoms with Crippen molar-refractivity contribution in [2.45, 2.75) is 63.8 Å². The van der Waals surface area contributed by atoms with Crippen LogP contribution in [0.1, 0.15) is 52.4 Å². The second-order valence-corrected chi connectivity index (χ2v) is 6.83. The molecule has 0 aromatic rings. The molecule has 0 aromatic heterocycles. The Labute approximate surface area is 131 Å². The minimum atomic E-state index is -0.886. The van der Waals surface area contributed by atoms with E-state index in [1.54, 1.807) is 16.7 Å². The largest absolute Gasteiger partial charge is 0.480 e. The summed E-state index contributed by atoms with van der Waals surface area (Å²) < 4.78 is 0. The molecule has 1 saturated heterocycles. The fourth-order valence-electron chi connectivity index (χ4n) is 2.80. The monoisotopic (exact) mass is 316 g/mol. The first-order chi connectivity index (χ1) is 10.0. The van der Waals surface area contributed by atoms with Crippen LogP contribution in [-0.2, 0) is 9.59 Å². The van der Waals surface area contributed by atoms with Gasteiger partial charge in [0.15, 0.2) is 0 Å². The van der Waals surface area contributed by atoms with Crippen LogP contribution in [0.3, 0.4) is 0 Å². The third-order valence-electron chi connectivity index (χ3n) is 4.12. The molecule has 0 saturated carbocycles. The lowest BCUT2D eigenvalue weighted by Gasteiger charge is -2.28. The van der Waals surface area contributed by atoms with Crippen molar-refractivity contribution < 1.29 is 14.7 Å². The van der Waals surface area contributed by atoms with E-state index < -0.39 is 12.0 Å². The maximum absolute atomic E-state index is 12.5. The molecule has 6 heteroatoms. The zero-order valence-corrected chi connectivity index (χ0v) is 13.9. The molecule has 1 amide bonds. The fraction of sp³-hybridized carbons (Fsp3) is 0.867. The minimum Gasteiger partial charge on any atom is -0.480 e. The van der Waals surface area contributed by atoms with Crippen LogP contribution in [0.15, 0.2) is 0 Å². The Morgan fingerprint density at radius 3 is 2.62 bits per heavy atom. The lowest BCUT2D eigenvalue weighted by Crippen LogP contribution is -2.45.